The fraction of sp³-hybridized carbons (Fsp3) is 0.476. The van der Waals surface area contributed by atoms with Crippen LogP contribution in [0.5, 0.6) is 11.5 Å². The van der Waals surface area contributed by atoms with E-state index in [1.54, 1.807) is 11.0 Å². The van der Waals surface area contributed by atoms with Crippen LogP contribution in [-0.4, -0.2) is 72.0 Å². The second-order valence-corrected chi connectivity index (χ2v) is 7.21. The van der Waals surface area contributed by atoms with Crippen molar-refractivity contribution >= 4 is 11.7 Å². The molecule has 4 rings (SSSR count). The van der Waals surface area contributed by atoms with Gasteiger partial charge in [0.2, 0.25) is 6.79 Å². The monoisotopic (exact) mass is 397 g/mol. The molecule has 0 spiro atoms. The van der Waals surface area contributed by atoms with Crippen LogP contribution in [0.2, 0.25) is 0 Å². The van der Waals surface area contributed by atoms with Crippen molar-refractivity contribution in [1.29, 1.82) is 0 Å². The van der Waals surface area contributed by atoms with Gasteiger partial charge in [0.25, 0.3) is 5.91 Å². The molecule has 2 aromatic rings. The zero-order valence-corrected chi connectivity index (χ0v) is 17.0. The van der Waals surface area contributed by atoms with E-state index >= 15 is 0 Å². The highest BCUT2D eigenvalue weighted by atomic mass is 16.7. The first-order valence-corrected chi connectivity index (χ1v) is 10.2. The van der Waals surface area contributed by atoms with Crippen molar-refractivity contribution < 1.29 is 14.3 Å². The third kappa shape index (κ3) is 4.27. The minimum atomic E-state index is -0.0670. The Morgan fingerprint density at radius 3 is 2.45 bits per heavy atom. The number of hydrogen-bond donors (Lipinski definition) is 0. The number of anilines is 1. The molecule has 0 N–H and O–H groups in total. The highest BCUT2D eigenvalue weighted by Crippen LogP contribution is 2.32. The van der Waals surface area contributed by atoms with E-state index in [0.717, 1.165) is 50.0 Å². The molecule has 0 atom stereocenters. The van der Waals surface area contributed by atoms with Gasteiger partial charge in [0, 0.05) is 45.8 Å². The number of rotatable bonds is 6. The summed E-state index contributed by atoms with van der Waals surface area (Å²) in [5.74, 6) is 2.40. The molecule has 2 aliphatic heterocycles. The van der Waals surface area contributed by atoms with E-state index < -0.39 is 0 Å². The second-order valence-electron chi connectivity index (χ2n) is 7.21. The van der Waals surface area contributed by atoms with Crippen LogP contribution in [0.4, 0.5) is 5.82 Å². The number of aromatic nitrogens is 2. The number of piperazine rings is 1. The first-order chi connectivity index (χ1) is 14.2. The van der Waals surface area contributed by atoms with Crippen LogP contribution < -0.4 is 14.4 Å². The van der Waals surface area contributed by atoms with Gasteiger partial charge >= 0.3 is 0 Å². The number of amides is 1. The Kier molecular flexibility index (Phi) is 5.80. The summed E-state index contributed by atoms with van der Waals surface area (Å²) in [6, 6.07) is 9.81. The smallest absolute Gasteiger partial charge is 0.274 e. The molecule has 0 bridgehead atoms. The number of ether oxygens (including phenoxy) is 2. The SMILES string of the molecule is CCN(CC)C(=O)c1ccc(N2CCN(Cc3ccc4c(c3)OCO4)CC2)nn1. The van der Waals surface area contributed by atoms with Gasteiger partial charge in [0.05, 0.1) is 0 Å². The summed E-state index contributed by atoms with van der Waals surface area (Å²) >= 11 is 0. The Hall–Kier alpha value is -2.87. The molecular formula is C21H27N5O3. The molecule has 8 heteroatoms. The summed E-state index contributed by atoms with van der Waals surface area (Å²) in [7, 11) is 0. The van der Waals surface area contributed by atoms with Crippen LogP contribution in [0.3, 0.4) is 0 Å². The van der Waals surface area contributed by atoms with Gasteiger partial charge in [-0.1, -0.05) is 6.07 Å². The fourth-order valence-corrected chi connectivity index (χ4v) is 3.71. The van der Waals surface area contributed by atoms with E-state index in [0.29, 0.717) is 25.6 Å². The standard InChI is InChI=1S/C21H27N5O3/c1-3-25(4-2)21(27)17-6-8-20(23-22-17)26-11-9-24(10-12-26)14-16-5-7-18-19(13-16)29-15-28-18/h5-8,13H,3-4,9-12,14-15H2,1-2H3. The van der Waals surface area contributed by atoms with Gasteiger partial charge in [0.1, 0.15) is 0 Å². The molecule has 0 radical (unpaired) electrons. The van der Waals surface area contributed by atoms with Gasteiger partial charge in [-0.15, -0.1) is 10.2 Å². The summed E-state index contributed by atoms with van der Waals surface area (Å²) in [5, 5.41) is 8.47. The molecule has 8 nitrogen and oxygen atoms in total. The largest absolute Gasteiger partial charge is 0.454 e. The van der Waals surface area contributed by atoms with E-state index in [-0.39, 0.29) is 5.91 Å². The van der Waals surface area contributed by atoms with E-state index in [2.05, 4.69) is 32.1 Å². The first-order valence-electron chi connectivity index (χ1n) is 10.2. The number of hydrogen-bond acceptors (Lipinski definition) is 7. The average molecular weight is 397 g/mol. The summed E-state index contributed by atoms with van der Waals surface area (Å²) in [5.41, 5.74) is 1.63. The van der Waals surface area contributed by atoms with Gasteiger partial charge < -0.3 is 19.3 Å². The number of carbonyl (C=O) groups is 1. The third-order valence-corrected chi connectivity index (χ3v) is 5.46. The third-order valence-electron chi connectivity index (χ3n) is 5.46. The van der Waals surface area contributed by atoms with Crippen LogP contribution in [0.1, 0.15) is 29.9 Å². The minimum Gasteiger partial charge on any atom is -0.454 e. The average Bonchev–Trinajstić information content (AvgIpc) is 3.23. The second kappa shape index (κ2) is 8.65. The zero-order valence-electron chi connectivity index (χ0n) is 17.0. The summed E-state index contributed by atoms with van der Waals surface area (Å²) < 4.78 is 10.8. The summed E-state index contributed by atoms with van der Waals surface area (Å²) in [6.45, 7) is 10.1. The Bertz CT molecular complexity index is 846. The Morgan fingerprint density at radius 2 is 1.76 bits per heavy atom. The lowest BCUT2D eigenvalue weighted by molar-refractivity contribution is 0.0766. The molecule has 0 aliphatic carbocycles. The van der Waals surface area contributed by atoms with Crippen molar-refractivity contribution in [3.8, 4) is 11.5 Å². The van der Waals surface area contributed by atoms with Crippen molar-refractivity contribution in [2.24, 2.45) is 0 Å². The minimum absolute atomic E-state index is 0.0670. The van der Waals surface area contributed by atoms with Gasteiger partial charge in [-0.05, 0) is 43.7 Å². The van der Waals surface area contributed by atoms with Crippen LogP contribution in [0.25, 0.3) is 0 Å². The van der Waals surface area contributed by atoms with Gasteiger partial charge in [0.15, 0.2) is 23.0 Å². The lowest BCUT2D eigenvalue weighted by Gasteiger charge is -2.35. The van der Waals surface area contributed by atoms with Crippen molar-refractivity contribution in [2.75, 3.05) is 51.0 Å². The van der Waals surface area contributed by atoms with E-state index in [4.69, 9.17) is 9.47 Å². The van der Waals surface area contributed by atoms with E-state index in [1.165, 1.54) is 5.56 Å². The van der Waals surface area contributed by atoms with Crippen LogP contribution in [-0.2, 0) is 6.54 Å². The van der Waals surface area contributed by atoms with Crippen molar-refractivity contribution in [3.05, 3.63) is 41.6 Å². The fourth-order valence-electron chi connectivity index (χ4n) is 3.71. The summed E-state index contributed by atoms with van der Waals surface area (Å²) in [6.07, 6.45) is 0. The molecule has 1 saturated heterocycles. The molecular weight excluding hydrogens is 370 g/mol. The normalized spacial score (nSPS) is 16.1. The van der Waals surface area contributed by atoms with Crippen LogP contribution >= 0.6 is 0 Å². The van der Waals surface area contributed by atoms with Crippen LogP contribution in [0.15, 0.2) is 30.3 Å². The summed E-state index contributed by atoms with van der Waals surface area (Å²) in [4.78, 5) is 18.8. The predicted octanol–water partition coefficient (Wildman–Crippen LogP) is 2.01. The molecule has 29 heavy (non-hydrogen) atoms. The quantitative estimate of drug-likeness (QED) is 0.738. The highest BCUT2D eigenvalue weighted by molar-refractivity contribution is 5.92. The maximum absolute atomic E-state index is 12.4. The first kappa shape index (κ1) is 19.4. The predicted molar refractivity (Wildman–Crippen MR) is 109 cm³/mol. The maximum atomic E-state index is 12.4. The molecule has 1 aromatic carbocycles. The molecule has 1 fully saturated rings. The topological polar surface area (TPSA) is 71.0 Å². The van der Waals surface area contributed by atoms with Crippen molar-refractivity contribution in [1.82, 2.24) is 20.0 Å². The Balaban J connectivity index is 1.32. The number of nitrogens with zero attached hydrogens (tertiary/aromatic N) is 5. The molecule has 154 valence electrons. The lowest BCUT2D eigenvalue weighted by atomic mass is 10.1. The van der Waals surface area contributed by atoms with E-state index in [9.17, 15) is 4.79 Å². The van der Waals surface area contributed by atoms with Gasteiger partial charge in [-0.2, -0.15) is 0 Å². The number of fused-ring (bicyclic) bond motifs is 1. The molecule has 2 aliphatic rings. The van der Waals surface area contributed by atoms with Gasteiger partial charge in [-0.25, -0.2) is 0 Å². The molecule has 1 amide bonds. The molecule has 1 aromatic heterocycles. The molecule has 0 unspecified atom stereocenters. The number of carbonyl (C=O) groups excluding carboxylic acids is 1. The number of benzene rings is 1. The molecule has 0 saturated carbocycles. The lowest BCUT2D eigenvalue weighted by Crippen LogP contribution is -2.46. The van der Waals surface area contributed by atoms with Crippen molar-refractivity contribution in [2.45, 2.75) is 20.4 Å². The highest BCUT2D eigenvalue weighted by Gasteiger charge is 2.21. The van der Waals surface area contributed by atoms with Crippen molar-refractivity contribution in [3.63, 3.8) is 0 Å². The van der Waals surface area contributed by atoms with Crippen LogP contribution in [0, 0.1) is 0 Å². The zero-order chi connectivity index (χ0) is 20.2. The van der Waals surface area contributed by atoms with E-state index in [1.807, 2.05) is 26.0 Å². The Morgan fingerprint density at radius 1 is 1.00 bits per heavy atom. The maximum Gasteiger partial charge on any atom is 0.274 e. The van der Waals surface area contributed by atoms with Gasteiger partial charge in [-0.3, -0.25) is 9.69 Å². The Labute approximate surface area is 171 Å². The molecule has 3 heterocycles.